The second-order valence-corrected chi connectivity index (χ2v) is 2.02. The number of pyridine rings is 1. The third kappa shape index (κ3) is 0.633. The van der Waals surface area contributed by atoms with Crippen molar-refractivity contribution in [3.05, 3.63) is 24.0 Å². The fourth-order valence-corrected chi connectivity index (χ4v) is 0.946. The van der Waals surface area contributed by atoms with Crippen LogP contribution in [0.15, 0.2) is 18.5 Å². The van der Waals surface area contributed by atoms with Gasteiger partial charge in [-0.25, -0.2) is 0 Å². The van der Waals surface area contributed by atoms with Crippen LogP contribution in [0.25, 0.3) is 0 Å². The number of hydrogen-bond donors (Lipinski definition) is 0. The highest BCUT2D eigenvalue weighted by Crippen LogP contribution is 2.14. The first kappa shape index (κ1) is 4.68. The van der Waals surface area contributed by atoms with Gasteiger partial charge in [-0.1, -0.05) is 0 Å². The molecule has 0 bridgehead atoms. The van der Waals surface area contributed by atoms with Gasteiger partial charge < -0.3 is 0 Å². The molecule has 43 valence electrons. The van der Waals surface area contributed by atoms with Crippen molar-refractivity contribution >= 4 is 11.9 Å². The van der Waals surface area contributed by atoms with E-state index in [1.165, 1.54) is 5.56 Å². The van der Waals surface area contributed by atoms with Gasteiger partial charge in [0.15, 0.2) is 0 Å². The van der Waals surface area contributed by atoms with E-state index in [9.17, 15) is 0 Å². The molecule has 1 aromatic heterocycles. The summed E-state index contributed by atoms with van der Waals surface area (Å²) in [5.41, 5.74) is 2.31. The molecule has 2 heteroatoms. The topological polar surface area (TPSA) is 27.0 Å². The Labute approximate surface area is 53.3 Å². The Morgan fingerprint density at radius 3 is 3.44 bits per heavy atom. The van der Waals surface area contributed by atoms with Crippen LogP contribution in [-0.2, 0) is 6.42 Å². The number of rotatable bonds is 0. The SMILES string of the molecule is C1=[N+]c2cnccc2C1. The van der Waals surface area contributed by atoms with E-state index in [-0.39, 0.29) is 0 Å². The molecule has 1 aliphatic heterocycles. The summed E-state index contributed by atoms with van der Waals surface area (Å²) in [7, 11) is 0. The first-order chi connectivity index (χ1) is 4.47. The zero-order valence-electron chi connectivity index (χ0n) is 4.91. The number of fused-ring (bicyclic) bond motifs is 1. The van der Waals surface area contributed by atoms with E-state index in [1.54, 1.807) is 12.4 Å². The van der Waals surface area contributed by atoms with Gasteiger partial charge in [-0.05, 0) is 6.07 Å². The fraction of sp³-hybridized carbons (Fsp3) is 0.143. The second-order valence-electron chi connectivity index (χ2n) is 2.02. The molecule has 0 spiro atoms. The molecule has 1 aliphatic rings. The van der Waals surface area contributed by atoms with Gasteiger partial charge in [-0.2, -0.15) is 0 Å². The average Bonchev–Trinajstić information content (AvgIpc) is 2.33. The molecule has 1 radical (unpaired) electrons. The zero-order valence-corrected chi connectivity index (χ0v) is 4.91. The summed E-state index contributed by atoms with van der Waals surface area (Å²) in [6.45, 7) is 0. The molecule has 0 saturated heterocycles. The monoisotopic (exact) mass is 118 g/mol. The first-order valence-electron chi connectivity index (χ1n) is 2.92. The number of aromatic nitrogens is 1. The van der Waals surface area contributed by atoms with Crippen molar-refractivity contribution in [2.45, 2.75) is 6.42 Å². The Morgan fingerprint density at radius 2 is 2.56 bits per heavy atom. The van der Waals surface area contributed by atoms with Gasteiger partial charge in [-0.3, -0.25) is 4.98 Å². The van der Waals surface area contributed by atoms with Crippen LogP contribution >= 0.6 is 0 Å². The Bertz CT molecular complexity index is 253. The smallest absolute Gasteiger partial charge is 0.257 e. The molecule has 0 saturated carbocycles. The molecule has 2 heterocycles. The minimum atomic E-state index is 0.970. The molecule has 0 amide bonds. The Hall–Kier alpha value is -1.18. The van der Waals surface area contributed by atoms with Crippen molar-refractivity contribution < 1.29 is 0 Å². The molecule has 2 nitrogen and oxygen atoms in total. The highest BCUT2D eigenvalue weighted by atomic mass is 14.8. The minimum absolute atomic E-state index is 0.970. The van der Waals surface area contributed by atoms with Gasteiger partial charge in [0.05, 0.1) is 11.4 Å². The summed E-state index contributed by atoms with van der Waals surface area (Å²) in [6.07, 6.45) is 6.47. The van der Waals surface area contributed by atoms with Crippen molar-refractivity contribution in [3.63, 3.8) is 0 Å². The Kier molecular flexibility index (Phi) is 0.859. The molecule has 2 rings (SSSR count). The molecule has 0 fully saturated rings. The molecule has 0 aliphatic carbocycles. The van der Waals surface area contributed by atoms with Crippen LogP contribution in [0, 0.1) is 0 Å². The van der Waals surface area contributed by atoms with Crippen LogP contribution in [0.2, 0.25) is 0 Å². The fourth-order valence-electron chi connectivity index (χ4n) is 0.946. The molecule has 0 N–H and O–H groups in total. The van der Waals surface area contributed by atoms with Gasteiger partial charge in [0.2, 0.25) is 6.21 Å². The predicted molar refractivity (Wildman–Crippen MR) is 35.8 cm³/mol. The van der Waals surface area contributed by atoms with Crippen LogP contribution < -0.4 is 4.99 Å². The summed E-state index contributed by atoms with van der Waals surface area (Å²) < 4.78 is 0. The van der Waals surface area contributed by atoms with E-state index in [4.69, 9.17) is 0 Å². The largest absolute Gasteiger partial charge is 0.298 e. The number of hydrogen-bond acceptors (Lipinski definition) is 2. The third-order valence-corrected chi connectivity index (χ3v) is 1.43. The van der Waals surface area contributed by atoms with Gasteiger partial charge in [0, 0.05) is 11.8 Å². The number of aliphatic imine (C=N–C) groups is 1. The van der Waals surface area contributed by atoms with E-state index in [0.29, 0.717) is 0 Å². The average molecular weight is 118 g/mol. The van der Waals surface area contributed by atoms with Gasteiger partial charge in [-0.15, -0.1) is 0 Å². The Morgan fingerprint density at radius 1 is 1.56 bits per heavy atom. The van der Waals surface area contributed by atoms with Crippen LogP contribution in [0.5, 0.6) is 0 Å². The van der Waals surface area contributed by atoms with E-state index in [2.05, 4.69) is 9.98 Å². The summed E-state index contributed by atoms with van der Waals surface area (Å²) >= 11 is 0. The normalized spacial score (nSPS) is 13.8. The van der Waals surface area contributed by atoms with Crippen molar-refractivity contribution in [2.24, 2.45) is 0 Å². The predicted octanol–water partition coefficient (Wildman–Crippen LogP) is 0.676. The lowest BCUT2D eigenvalue weighted by Gasteiger charge is -1.82. The van der Waals surface area contributed by atoms with E-state index in [0.717, 1.165) is 12.1 Å². The summed E-state index contributed by atoms with van der Waals surface area (Å²) in [4.78, 5) is 8.05. The van der Waals surface area contributed by atoms with Crippen molar-refractivity contribution in [2.75, 3.05) is 0 Å². The second kappa shape index (κ2) is 1.65. The van der Waals surface area contributed by atoms with Gasteiger partial charge in [0.1, 0.15) is 6.20 Å². The maximum absolute atomic E-state index is 4.11. The number of nitrogens with zero attached hydrogens (tertiary/aromatic N) is 2. The van der Waals surface area contributed by atoms with Gasteiger partial charge >= 0.3 is 0 Å². The lowest BCUT2D eigenvalue weighted by Crippen LogP contribution is -1.78. The molecular formula is C7H6N2+. The van der Waals surface area contributed by atoms with Crippen LogP contribution in [0.4, 0.5) is 5.69 Å². The van der Waals surface area contributed by atoms with E-state index in [1.807, 2.05) is 12.3 Å². The van der Waals surface area contributed by atoms with Crippen molar-refractivity contribution in [3.8, 4) is 0 Å². The van der Waals surface area contributed by atoms with Crippen LogP contribution in [0.1, 0.15) is 5.56 Å². The first-order valence-corrected chi connectivity index (χ1v) is 2.92. The van der Waals surface area contributed by atoms with E-state index >= 15 is 0 Å². The molecule has 0 unspecified atom stereocenters. The third-order valence-electron chi connectivity index (χ3n) is 1.43. The minimum Gasteiger partial charge on any atom is -0.257 e. The Balaban J connectivity index is 2.63. The standard InChI is InChI=1S/C7H6N2/c1-3-8-5-7-6(1)2-4-9-7/h1,3-5H,2H2/q+1. The molecule has 0 atom stereocenters. The maximum atomic E-state index is 4.11. The zero-order chi connectivity index (χ0) is 6.10. The molecular weight excluding hydrogens is 112 g/mol. The quantitative estimate of drug-likeness (QED) is 0.492. The van der Waals surface area contributed by atoms with Gasteiger partial charge in [0.25, 0.3) is 5.69 Å². The highest BCUT2D eigenvalue weighted by Gasteiger charge is 2.16. The summed E-state index contributed by atoms with van der Waals surface area (Å²) in [5.74, 6) is 0. The molecule has 1 aromatic rings. The van der Waals surface area contributed by atoms with Crippen molar-refractivity contribution in [1.29, 1.82) is 0 Å². The van der Waals surface area contributed by atoms with Crippen molar-refractivity contribution in [1.82, 2.24) is 9.98 Å². The lowest BCUT2D eigenvalue weighted by molar-refractivity contribution is 1.25. The highest BCUT2D eigenvalue weighted by molar-refractivity contribution is 5.72. The van der Waals surface area contributed by atoms with Crippen LogP contribution in [0.3, 0.4) is 0 Å². The summed E-state index contributed by atoms with van der Waals surface area (Å²) in [5, 5.41) is 0. The van der Waals surface area contributed by atoms with Crippen LogP contribution in [-0.4, -0.2) is 11.2 Å². The van der Waals surface area contributed by atoms with E-state index < -0.39 is 0 Å². The molecule has 0 aromatic carbocycles. The lowest BCUT2D eigenvalue weighted by atomic mass is 10.2. The maximum Gasteiger partial charge on any atom is 0.298 e. The summed E-state index contributed by atoms with van der Waals surface area (Å²) in [6, 6.07) is 2.00. The molecule has 9 heavy (non-hydrogen) atoms.